The first kappa shape index (κ1) is 61.3. The molecule has 0 saturated carbocycles. The molecular weight excluding hydrogens is 779 g/mol. The molecule has 3 N–H and O–H groups in total. The van der Waals surface area contributed by atoms with Crippen LogP contribution in [0.25, 0.3) is 0 Å². The molecule has 2 unspecified atom stereocenters. The Bertz CT molecular complexity index is 982. The van der Waals surface area contributed by atoms with Crippen LogP contribution in [-0.2, 0) is 14.3 Å². The summed E-state index contributed by atoms with van der Waals surface area (Å²) >= 11 is 0. The van der Waals surface area contributed by atoms with Crippen molar-refractivity contribution in [2.45, 2.75) is 315 Å². The fraction of sp³-hybridized carbons (Fsp3) is 0.895. The second-order valence-electron chi connectivity index (χ2n) is 19.3. The monoisotopic (exact) mass is 888 g/mol. The Labute approximate surface area is 392 Å². The number of nitrogens with one attached hydrogen (secondary N) is 1. The van der Waals surface area contributed by atoms with Gasteiger partial charge in [0.1, 0.15) is 0 Å². The van der Waals surface area contributed by atoms with E-state index in [1.54, 1.807) is 6.08 Å². The maximum atomic E-state index is 12.4. The van der Waals surface area contributed by atoms with E-state index in [-0.39, 0.29) is 18.5 Å². The molecule has 0 rings (SSSR count). The van der Waals surface area contributed by atoms with Crippen LogP contribution in [0.2, 0.25) is 0 Å². The number of rotatable bonds is 52. The minimum absolute atomic E-state index is 0.00724. The number of hydrogen-bond acceptors (Lipinski definition) is 5. The van der Waals surface area contributed by atoms with Crippen molar-refractivity contribution < 1.29 is 24.5 Å². The first-order valence-corrected chi connectivity index (χ1v) is 28.1. The van der Waals surface area contributed by atoms with Gasteiger partial charge in [0.15, 0.2) is 0 Å². The van der Waals surface area contributed by atoms with Crippen molar-refractivity contribution in [1.29, 1.82) is 0 Å². The van der Waals surface area contributed by atoms with E-state index in [1.807, 2.05) is 6.08 Å². The Kier molecular flexibility index (Phi) is 51.6. The predicted molar refractivity (Wildman–Crippen MR) is 273 cm³/mol. The maximum absolute atomic E-state index is 12.4. The van der Waals surface area contributed by atoms with E-state index < -0.39 is 12.1 Å². The summed E-state index contributed by atoms with van der Waals surface area (Å²) in [6, 6.07) is -0.632. The lowest BCUT2D eigenvalue weighted by atomic mass is 10.0. The van der Waals surface area contributed by atoms with Gasteiger partial charge in [0, 0.05) is 12.8 Å². The van der Waals surface area contributed by atoms with Gasteiger partial charge in [-0.15, -0.1) is 0 Å². The average molecular weight is 889 g/mol. The number of aliphatic hydroxyl groups is 2. The zero-order chi connectivity index (χ0) is 45.8. The molecule has 2 atom stereocenters. The molecule has 63 heavy (non-hydrogen) atoms. The Hall–Kier alpha value is -1.66. The van der Waals surface area contributed by atoms with Gasteiger partial charge in [-0.3, -0.25) is 9.59 Å². The summed E-state index contributed by atoms with van der Waals surface area (Å²) < 4.78 is 5.49. The normalized spacial score (nSPS) is 12.8. The van der Waals surface area contributed by atoms with Gasteiger partial charge < -0.3 is 20.3 Å². The highest BCUT2D eigenvalue weighted by Gasteiger charge is 2.18. The second-order valence-corrected chi connectivity index (χ2v) is 19.3. The van der Waals surface area contributed by atoms with Gasteiger partial charge in [0.2, 0.25) is 5.91 Å². The lowest BCUT2D eigenvalue weighted by Gasteiger charge is -2.20. The van der Waals surface area contributed by atoms with Crippen LogP contribution in [0.5, 0.6) is 0 Å². The van der Waals surface area contributed by atoms with E-state index >= 15 is 0 Å². The SMILES string of the molecule is CCCCCCCCC/C=C/C(O)C(CO)NC(=O)CCCCCCCCC/C=C\CCCCCCCCCCOC(=O)CCCCCCCCCCCCCCCCCCCC. The molecule has 0 fully saturated rings. The second kappa shape index (κ2) is 53.0. The third kappa shape index (κ3) is 49.6. The summed E-state index contributed by atoms with van der Waals surface area (Å²) in [4.78, 5) is 24.4. The number of allylic oxidation sites excluding steroid dienone is 3. The molecule has 0 spiro atoms. The van der Waals surface area contributed by atoms with E-state index in [1.165, 1.54) is 231 Å². The summed E-state index contributed by atoms with van der Waals surface area (Å²) in [6.07, 6.45) is 63.5. The number of carbonyl (C=O) groups excluding carboxylic acids is 2. The number of hydrogen-bond donors (Lipinski definition) is 3. The molecular formula is C57H109NO5. The van der Waals surface area contributed by atoms with Crippen LogP contribution in [0, 0.1) is 0 Å². The van der Waals surface area contributed by atoms with E-state index in [0.717, 1.165) is 44.9 Å². The van der Waals surface area contributed by atoms with Gasteiger partial charge in [-0.2, -0.15) is 0 Å². The van der Waals surface area contributed by atoms with Crippen molar-refractivity contribution >= 4 is 11.9 Å². The van der Waals surface area contributed by atoms with Crippen molar-refractivity contribution in [3.63, 3.8) is 0 Å². The van der Waals surface area contributed by atoms with E-state index in [9.17, 15) is 19.8 Å². The molecule has 0 bridgehead atoms. The Morgan fingerprint density at radius 3 is 1.13 bits per heavy atom. The highest BCUT2D eigenvalue weighted by Crippen LogP contribution is 2.16. The number of aliphatic hydroxyl groups excluding tert-OH is 2. The first-order chi connectivity index (χ1) is 31.0. The van der Waals surface area contributed by atoms with Gasteiger partial charge in [-0.05, 0) is 57.8 Å². The standard InChI is InChI=1S/C57H109NO5/c1-3-5-7-9-11-13-14-15-16-17-22-25-28-31-35-39-43-47-51-57(62)63-52-48-44-40-36-32-29-26-23-20-18-19-21-24-27-30-34-38-42-46-50-56(61)58-54(53-59)55(60)49-45-41-37-33-12-10-8-6-4-2/h18-19,45,49,54-55,59-60H,3-17,20-44,46-48,50-53H2,1-2H3,(H,58,61)/b19-18-,49-45+. The Morgan fingerprint density at radius 2 is 0.746 bits per heavy atom. The van der Waals surface area contributed by atoms with E-state index in [2.05, 4.69) is 31.3 Å². The van der Waals surface area contributed by atoms with Crippen molar-refractivity contribution in [2.24, 2.45) is 0 Å². The lowest BCUT2D eigenvalue weighted by molar-refractivity contribution is -0.143. The molecule has 0 aromatic rings. The number of carbonyl (C=O) groups is 2. The molecule has 0 saturated heterocycles. The van der Waals surface area contributed by atoms with Crippen LogP contribution >= 0.6 is 0 Å². The molecule has 0 aliphatic rings. The van der Waals surface area contributed by atoms with Crippen LogP contribution in [0.1, 0.15) is 303 Å². The molecule has 372 valence electrons. The third-order valence-electron chi connectivity index (χ3n) is 13.0. The van der Waals surface area contributed by atoms with Crippen molar-refractivity contribution in [1.82, 2.24) is 5.32 Å². The maximum Gasteiger partial charge on any atom is 0.305 e. The third-order valence-corrected chi connectivity index (χ3v) is 13.0. The van der Waals surface area contributed by atoms with Crippen LogP contribution in [0.4, 0.5) is 0 Å². The Morgan fingerprint density at radius 1 is 0.429 bits per heavy atom. The van der Waals surface area contributed by atoms with Gasteiger partial charge in [0.05, 0.1) is 25.4 Å². The molecule has 0 radical (unpaired) electrons. The molecule has 6 nitrogen and oxygen atoms in total. The van der Waals surface area contributed by atoms with Crippen LogP contribution < -0.4 is 5.32 Å². The van der Waals surface area contributed by atoms with Gasteiger partial charge in [0.25, 0.3) is 0 Å². The highest BCUT2D eigenvalue weighted by atomic mass is 16.5. The highest BCUT2D eigenvalue weighted by molar-refractivity contribution is 5.76. The minimum Gasteiger partial charge on any atom is -0.466 e. The summed E-state index contributed by atoms with van der Waals surface area (Å²) in [6.45, 7) is 4.87. The van der Waals surface area contributed by atoms with Gasteiger partial charge >= 0.3 is 5.97 Å². The van der Waals surface area contributed by atoms with Crippen molar-refractivity contribution in [3.8, 4) is 0 Å². The largest absolute Gasteiger partial charge is 0.466 e. The average Bonchev–Trinajstić information content (AvgIpc) is 3.28. The van der Waals surface area contributed by atoms with Crippen LogP contribution in [-0.4, -0.2) is 47.4 Å². The van der Waals surface area contributed by atoms with Crippen molar-refractivity contribution in [2.75, 3.05) is 13.2 Å². The molecule has 1 amide bonds. The summed E-state index contributed by atoms with van der Waals surface area (Å²) in [5, 5.41) is 22.9. The quantitative estimate of drug-likeness (QED) is 0.0321. The molecule has 6 heteroatoms. The zero-order valence-corrected chi connectivity index (χ0v) is 42.3. The van der Waals surface area contributed by atoms with Gasteiger partial charge in [-0.1, -0.05) is 256 Å². The fourth-order valence-electron chi connectivity index (χ4n) is 8.63. The molecule has 0 heterocycles. The fourth-order valence-corrected chi connectivity index (χ4v) is 8.63. The number of amides is 1. The van der Waals surface area contributed by atoms with Crippen molar-refractivity contribution in [3.05, 3.63) is 24.3 Å². The minimum atomic E-state index is -0.848. The number of esters is 1. The molecule has 0 aromatic heterocycles. The van der Waals surface area contributed by atoms with Gasteiger partial charge in [-0.25, -0.2) is 0 Å². The van der Waals surface area contributed by atoms with Crippen LogP contribution in [0.3, 0.4) is 0 Å². The van der Waals surface area contributed by atoms with Crippen LogP contribution in [0.15, 0.2) is 24.3 Å². The molecule has 0 aliphatic heterocycles. The smallest absolute Gasteiger partial charge is 0.305 e. The zero-order valence-electron chi connectivity index (χ0n) is 42.3. The number of unbranched alkanes of at least 4 members (excludes halogenated alkanes) is 39. The molecule has 0 aliphatic carbocycles. The summed E-state index contributed by atoms with van der Waals surface area (Å²) in [5.74, 6) is -0.0728. The summed E-state index contributed by atoms with van der Waals surface area (Å²) in [7, 11) is 0. The first-order valence-electron chi connectivity index (χ1n) is 28.1. The van der Waals surface area contributed by atoms with E-state index in [0.29, 0.717) is 19.4 Å². The number of ether oxygens (including phenoxy) is 1. The van der Waals surface area contributed by atoms with E-state index in [4.69, 9.17) is 4.74 Å². The summed E-state index contributed by atoms with van der Waals surface area (Å²) in [5.41, 5.74) is 0. The lowest BCUT2D eigenvalue weighted by Crippen LogP contribution is -2.45. The topological polar surface area (TPSA) is 95.9 Å². The molecule has 0 aromatic carbocycles. The predicted octanol–water partition coefficient (Wildman–Crippen LogP) is 17.1. The Balaban J connectivity index is 3.40.